The zero-order valence-corrected chi connectivity index (χ0v) is 13.8. The first-order valence-corrected chi connectivity index (χ1v) is 9.34. The minimum atomic E-state index is -3.37. The topological polar surface area (TPSA) is 58.2 Å². The van der Waals surface area contributed by atoms with Gasteiger partial charge in [-0.3, -0.25) is 0 Å². The molecule has 0 aromatic heterocycles. The van der Waals surface area contributed by atoms with Gasteiger partial charge in [0.1, 0.15) is 0 Å². The largest absolute Gasteiger partial charge is 0.385 e. The van der Waals surface area contributed by atoms with Gasteiger partial charge in [0.25, 0.3) is 0 Å². The summed E-state index contributed by atoms with van der Waals surface area (Å²) in [5.74, 6) is 0.676. The number of sulfonamides is 1. The summed E-state index contributed by atoms with van der Waals surface area (Å²) in [7, 11) is -3.37. The highest BCUT2D eigenvalue weighted by molar-refractivity contribution is 7.89. The van der Waals surface area contributed by atoms with Crippen molar-refractivity contribution in [3.05, 3.63) is 23.8 Å². The molecule has 2 N–H and O–H groups in total. The van der Waals surface area contributed by atoms with Gasteiger partial charge in [-0.05, 0) is 48.9 Å². The Hall–Kier alpha value is -1.07. The molecule has 0 saturated carbocycles. The second-order valence-electron chi connectivity index (χ2n) is 6.14. The number of rotatable bonds is 7. The maximum atomic E-state index is 12.3. The normalized spacial score (nSPS) is 14.8. The molecule has 0 saturated heterocycles. The van der Waals surface area contributed by atoms with Gasteiger partial charge in [0.15, 0.2) is 0 Å². The highest BCUT2D eigenvalue weighted by atomic mass is 32.2. The second kappa shape index (κ2) is 7.27. The Kier molecular flexibility index (Phi) is 5.65. The van der Waals surface area contributed by atoms with Crippen LogP contribution in [0.25, 0.3) is 0 Å². The van der Waals surface area contributed by atoms with Gasteiger partial charge < -0.3 is 5.32 Å². The summed E-state index contributed by atoms with van der Waals surface area (Å²) in [5, 5.41) is 3.30. The molecule has 5 heteroatoms. The minimum absolute atomic E-state index is 0.383. The minimum Gasteiger partial charge on any atom is -0.385 e. The summed E-state index contributed by atoms with van der Waals surface area (Å²) >= 11 is 0. The van der Waals surface area contributed by atoms with Crippen LogP contribution in [0.4, 0.5) is 5.69 Å². The molecule has 0 bridgehead atoms. The first-order valence-electron chi connectivity index (χ1n) is 7.85. The van der Waals surface area contributed by atoms with Crippen LogP contribution in [0.5, 0.6) is 0 Å². The lowest BCUT2D eigenvalue weighted by Crippen LogP contribution is -2.25. The van der Waals surface area contributed by atoms with E-state index in [0.29, 0.717) is 17.4 Å². The lowest BCUT2D eigenvalue weighted by atomic mass is 10.0. The Morgan fingerprint density at radius 2 is 2.10 bits per heavy atom. The summed E-state index contributed by atoms with van der Waals surface area (Å²) in [4.78, 5) is 0.383. The first kappa shape index (κ1) is 16.3. The number of aryl methyl sites for hydroxylation is 1. The summed E-state index contributed by atoms with van der Waals surface area (Å²) in [6.45, 7) is 5.86. The molecule has 21 heavy (non-hydrogen) atoms. The molecular formula is C16H26N2O2S. The molecule has 4 nitrogen and oxygen atoms in total. The predicted octanol–water partition coefficient (Wildman–Crippen LogP) is 3.15. The Morgan fingerprint density at radius 3 is 2.86 bits per heavy atom. The van der Waals surface area contributed by atoms with Crippen LogP contribution >= 0.6 is 0 Å². The van der Waals surface area contributed by atoms with Gasteiger partial charge in [0.05, 0.1) is 4.90 Å². The van der Waals surface area contributed by atoms with Crippen LogP contribution in [0.3, 0.4) is 0 Å². The molecule has 0 aliphatic carbocycles. The maximum Gasteiger partial charge on any atom is 0.240 e. The third-order valence-corrected chi connectivity index (χ3v) is 5.28. The summed E-state index contributed by atoms with van der Waals surface area (Å²) in [5.41, 5.74) is 2.17. The molecule has 1 aliphatic heterocycles. The zero-order chi connectivity index (χ0) is 15.3. The predicted molar refractivity (Wildman–Crippen MR) is 87.1 cm³/mol. The van der Waals surface area contributed by atoms with E-state index in [1.165, 1.54) is 0 Å². The van der Waals surface area contributed by atoms with Crippen molar-refractivity contribution in [1.82, 2.24) is 4.72 Å². The zero-order valence-electron chi connectivity index (χ0n) is 13.0. The molecule has 1 heterocycles. The van der Waals surface area contributed by atoms with Crippen molar-refractivity contribution in [3.8, 4) is 0 Å². The van der Waals surface area contributed by atoms with Gasteiger partial charge in [-0.1, -0.05) is 26.7 Å². The van der Waals surface area contributed by atoms with Gasteiger partial charge in [-0.15, -0.1) is 0 Å². The van der Waals surface area contributed by atoms with E-state index in [-0.39, 0.29) is 0 Å². The molecule has 0 amide bonds. The number of unbranched alkanes of at least 4 members (excludes halogenated alkanes) is 1. The van der Waals surface area contributed by atoms with Gasteiger partial charge in [0.2, 0.25) is 10.0 Å². The molecule has 2 rings (SSSR count). The van der Waals surface area contributed by atoms with Crippen molar-refractivity contribution in [2.45, 2.75) is 50.8 Å². The number of hydrogen-bond acceptors (Lipinski definition) is 3. The number of anilines is 1. The highest BCUT2D eigenvalue weighted by Crippen LogP contribution is 2.24. The van der Waals surface area contributed by atoms with Crippen molar-refractivity contribution in [3.63, 3.8) is 0 Å². The SMILES string of the molecule is CC(C)CCCCNS(=O)(=O)c1ccc2c(c1)CCCN2. The van der Waals surface area contributed by atoms with Crippen molar-refractivity contribution in [2.75, 3.05) is 18.4 Å². The number of nitrogens with one attached hydrogen (secondary N) is 2. The molecule has 1 aromatic rings. The average molecular weight is 310 g/mol. The third-order valence-electron chi connectivity index (χ3n) is 3.83. The fourth-order valence-corrected chi connectivity index (χ4v) is 3.71. The van der Waals surface area contributed by atoms with Crippen molar-refractivity contribution in [2.24, 2.45) is 5.92 Å². The summed E-state index contributed by atoms with van der Waals surface area (Å²) in [6, 6.07) is 5.37. The van der Waals surface area contributed by atoms with Crippen LogP contribution in [0.2, 0.25) is 0 Å². The van der Waals surface area contributed by atoms with Gasteiger partial charge in [-0.25, -0.2) is 13.1 Å². The van der Waals surface area contributed by atoms with Gasteiger partial charge in [-0.2, -0.15) is 0 Å². The van der Waals surface area contributed by atoms with E-state index >= 15 is 0 Å². The van der Waals surface area contributed by atoms with Crippen LogP contribution in [-0.2, 0) is 16.4 Å². The van der Waals surface area contributed by atoms with E-state index in [4.69, 9.17) is 0 Å². The third kappa shape index (κ3) is 4.71. The molecular weight excluding hydrogens is 284 g/mol. The molecule has 0 unspecified atom stereocenters. The number of benzene rings is 1. The molecule has 0 fully saturated rings. The van der Waals surface area contributed by atoms with E-state index < -0.39 is 10.0 Å². The molecule has 1 aromatic carbocycles. The van der Waals surface area contributed by atoms with Gasteiger partial charge in [0, 0.05) is 18.8 Å². The van der Waals surface area contributed by atoms with Crippen molar-refractivity contribution >= 4 is 15.7 Å². The van der Waals surface area contributed by atoms with E-state index in [0.717, 1.165) is 49.9 Å². The molecule has 0 atom stereocenters. The van der Waals surface area contributed by atoms with Crippen molar-refractivity contribution in [1.29, 1.82) is 0 Å². The van der Waals surface area contributed by atoms with Gasteiger partial charge >= 0.3 is 0 Å². The fourth-order valence-electron chi connectivity index (χ4n) is 2.59. The quantitative estimate of drug-likeness (QED) is 0.761. The van der Waals surface area contributed by atoms with E-state index in [1.807, 2.05) is 6.07 Å². The van der Waals surface area contributed by atoms with Crippen LogP contribution in [0, 0.1) is 5.92 Å². The summed E-state index contributed by atoms with van der Waals surface area (Å²) in [6.07, 6.45) is 5.10. The average Bonchev–Trinajstić information content (AvgIpc) is 2.46. The molecule has 0 radical (unpaired) electrons. The van der Waals surface area contributed by atoms with Crippen LogP contribution in [0.15, 0.2) is 23.1 Å². The molecule has 1 aliphatic rings. The molecule has 118 valence electrons. The Labute approximate surface area is 128 Å². The van der Waals surface area contributed by atoms with E-state index in [9.17, 15) is 8.42 Å². The van der Waals surface area contributed by atoms with Crippen LogP contribution in [-0.4, -0.2) is 21.5 Å². The van der Waals surface area contributed by atoms with Crippen LogP contribution in [0.1, 0.15) is 45.1 Å². The monoisotopic (exact) mass is 310 g/mol. The van der Waals surface area contributed by atoms with Crippen LogP contribution < -0.4 is 10.0 Å². The lowest BCUT2D eigenvalue weighted by Gasteiger charge is -2.18. The Balaban J connectivity index is 1.93. The fraction of sp³-hybridized carbons (Fsp3) is 0.625. The Bertz CT molecular complexity index is 568. The smallest absolute Gasteiger partial charge is 0.240 e. The first-order chi connectivity index (χ1) is 9.99. The number of hydrogen-bond donors (Lipinski definition) is 2. The number of fused-ring (bicyclic) bond motifs is 1. The van der Waals surface area contributed by atoms with E-state index in [2.05, 4.69) is 23.9 Å². The second-order valence-corrected chi connectivity index (χ2v) is 7.90. The molecule has 0 spiro atoms. The maximum absolute atomic E-state index is 12.3. The summed E-state index contributed by atoms with van der Waals surface area (Å²) < 4.78 is 27.3. The van der Waals surface area contributed by atoms with E-state index in [1.54, 1.807) is 12.1 Å². The lowest BCUT2D eigenvalue weighted by molar-refractivity contribution is 0.530. The Morgan fingerprint density at radius 1 is 1.29 bits per heavy atom. The standard InChI is InChI=1S/C16H26N2O2S/c1-13(2)6-3-4-11-18-21(19,20)15-8-9-16-14(12-15)7-5-10-17-16/h8-9,12-13,17-18H,3-7,10-11H2,1-2H3. The van der Waals surface area contributed by atoms with Crippen molar-refractivity contribution < 1.29 is 8.42 Å². The highest BCUT2D eigenvalue weighted by Gasteiger charge is 2.16.